The number of carbonyl (C=O) groups is 2. The highest BCUT2D eigenvalue weighted by Crippen LogP contribution is 2.36. The Morgan fingerprint density at radius 2 is 1.76 bits per heavy atom. The molecule has 6 heteroatoms. The minimum Gasteiger partial charge on any atom is -0.507 e. The summed E-state index contributed by atoms with van der Waals surface area (Å²) in [6.07, 6.45) is 3.23. The first kappa shape index (κ1) is 19.1. The highest BCUT2D eigenvalue weighted by Gasteiger charge is 2.23. The first-order valence-electron chi connectivity index (χ1n) is 8.15. The van der Waals surface area contributed by atoms with Crippen LogP contribution in [0.3, 0.4) is 0 Å². The van der Waals surface area contributed by atoms with Crippen LogP contribution in [0.2, 0.25) is 0 Å². The van der Waals surface area contributed by atoms with Crippen molar-refractivity contribution in [3.63, 3.8) is 0 Å². The largest absolute Gasteiger partial charge is 0.507 e. The van der Waals surface area contributed by atoms with Gasteiger partial charge in [0, 0.05) is 6.20 Å². The summed E-state index contributed by atoms with van der Waals surface area (Å²) in [5.41, 5.74) is 2.50. The second kappa shape index (κ2) is 7.78. The lowest BCUT2D eigenvalue weighted by molar-refractivity contribution is -0.141. The van der Waals surface area contributed by atoms with Gasteiger partial charge in [0.2, 0.25) is 0 Å². The van der Waals surface area contributed by atoms with E-state index in [1.165, 1.54) is 22.9 Å². The third-order valence-electron chi connectivity index (χ3n) is 3.95. The van der Waals surface area contributed by atoms with Crippen LogP contribution in [0.4, 0.5) is 0 Å². The molecule has 1 aliphatic heterocycles. The molecule has 0 fully saturated rings. The van der Waals surface area contributed by atoms with Crippen LogP contribution in [0.1, 0.15) is 56.2 Å². The van der Waals surface area contributed by atoms with Crippen LogP contribution in [0, 0.1) is 0 Å². The average Bonchev–Trinajstić information content (AvgIpc) is 2.51. The second-order valence-corrected chi connectivity index (χ2v) is 7.54. The number of carboxylic acid groups (broad SMARTS) is 1. The van der Waals surface area contributed by atoms with Gasteiger partial charge < -0.3 is 15.1 Å². The van der Waals surface area contributed by atoms with Crippen molar-refractivity contribution in [3.8, 4) is 5.75 Å². The Labute approximate surface area is 152 Å². The Morgan fingerprint density at radius 3 is 2.24 bits per heavy atom. The first-order chi connectivity index (χ1) is 11.7. The smallest absolute Gasteiger partial charge is 0.323 e. The molecule has 1 aromatic rings. The number of aliphatic carboxylic acids is 1. The number of benzene rings is 1. The van der Waals surface area contributed by atoms with Crippen LogP contribution >= 0.6 is 11.8 Å². The molecule has 25 heavy (non-hydrogen) atoms. The molecular formula is C19H23NO4S. The SMILES string of the molecule is CC(C)c1cc(C=C2SC=CN(CC(=O)O)C2=O)cc(C(C)C)c1O. The lowest BCUT2D eigenvalue weighted by Gasteiger charge is -2.21. The zero-order valence-corrected chi connectivity index (χ0v) is 15.6. The van der Waals surface area contributed by atoms with Crippen molar-refractivity contribution in [2.24, 2.45) is 0 Å². The summed E-state index contributed by atoms with van der Waals surface area (Å²) in [6.45, 7) is 7.67. The third kappa shape index (κ3) is 4.45. The van der Waals surface area contributed by atoms with E-state index < -0.39 is 5.97 Å². The fraction of sp³-hybridized carbons (Fsp3) is 0.368. The van der Waals surface area contributed by atoms with Gasteiger partial charge in [-0.05, 0) is 52.1 Å². The van der Waals surface area contributed by atoms with Crippen molar-refractivity contribution in [3.05, 3.63) is 45.3 Å². The molecule has 5 nitrogen and oxygen atoms in total. The van der Waals surface area contributed by atoms with E-state index in [4.69, 9.17) is 5.11 Å². The highest BCUT2D eigenvalue weighted by molar-refractivity contribution is 8.06. The van der Waals surface area contributed by atoms with E-state index in [0.717, 1.165) is 16.7 Å². The van der Waals surface area contributed by atoms with E-state index in [9.17, 15) is 14.7 Å². The van der Waals surface area contributed by atoms with Gasteiger partial charge >= 0.3 is 5.97 Å². The predicted octanol–water partition coefficient (Wildman–Crippen LogP) is 4.11. The maximum absolute atomic E-state index is 12.4. The summed E-state index contributed by atoms with van der Waals surface area (Å²) >= 11 is 1.26. The van der Waals surface area contributed by atoms with E-state index in [1.807, 2.05) is 39.8 Å². The van der Waals surface area contributed by atoms with Gasteiger partial charge in [0.25, 0.3) is 5.91 Å². The molecule has 134 valence electrons. The van der Waals surface area contributed by atoms with E-state index in [0.29, 0.717) is 10.7 Å². The fourth-order valence-electron chi connectivity index (χ4n) is 2.62. The molecule has 1 heterocycles. The average molecular weight is 361 g/mol. The molecule has 0 aromatic heterocycles. The molecular weight excluding hydrogens is 338 g/mol. The third-order valence-corrected chi connectivity index (χ3v) is 4.75. The molecule has 0 saturated carbocycles. The summed E-state index contributed by atoms with van der Waals surface area (Å²) in [7, 11) is 0. The summed E-state index contributed by atoms with van der Waals surface area (Å²) in [6, 6.07) is 3.76. The van der Waals surface area contributed by atoms with Crippen LogP contribution in [0.25, 0.3) is 6.08 Å². The summed E-state index contributed by atoms with van der Waals surface area (Å²) < 4.78 is 0. The van der Waals surface area contributed by atoms with Crippen LogP contribution in [-0.2, 0) is 9.59 Å². The van der Waals surface area contributed by atoms with Crippen molar-refractivity contribution in [2.75, 3.05) is 6.54 Å². The molecule has 1 amide bonds. The number of carboxylic acids is 1. The molecule has 0 saturated heterocycles. The Morgan fingerprint density at radius 1 is 1.20 bits per heavy atom. The Bertz CT molecular complexity index is 721. The fourth-order valence-corrected chi connectivity index (χ4v) is 3.40. The second-order valence-electron chi connectivity index (χ2n) is 6.60. The number of carbonyl (C=O) groups excluding carboxylic acids is 1. The summed E-state index contributed by atoms with van der Waals surface area (Å²) in [5, 5.41) is 21.1. The van der Waals surface area contributed by atoms with Crippen molar-refractivity contribution in [1.29, 1.82) is 0 Å². The molecule has 2 N–H and O–H groups in total. The molecule has 0 aliphatic carbocycles. The number of rotatable bonds is 5. The maximum Gasteiger partial charge on any atom is 0.323 e. The Kier molecular flexibility index (Phi) is 5.95. The van der Waals surface area contributed by atoms with Gasteiger partial charge in [0.1, 0.15) is 12.3 Å². The van der Waals surface area contributed by atoms with Crippen LogP contribution in [0.15, 0.2) is 28.6 Å². The van der Waals surface area contributed by atoms with Crippen LogP contribution in [0.5, 0.6) is 5.75 Å². The number of phenols is 1. The monoisotopic (exact) mass is 361 g/mol. The van der Waals surface area contributed by atoms with Crippen molar-refractivity contribution < 1.29 is 19.8 Å². The number of phenolic OH excluding ortho intramolecular Hbond substituents is 1. The molecule has 0 unspecified atom stereocenters. The number of nitrogens with zero attached hydrogens (tertiary/aromatic N) is 1. The lowest BCUT2D eigenvalue weighted by Crippen LogP contribution is -2.32. The van der Waals surface area contributed by atoms with Crippen LogP contribution in [-0.4, -0.2) is 33.5 Å². The van der Waals surface area contributed by atoms with E-state index in [-0.39, 0.29) is 24.3 Å². The zero-order chi connectivity index (χ0) is 18.7. The van der Waals surface area contributed by atoms with Gasteiger partial charge in [-0.3, -0.25) is 9.59 Å². The summed E-state index contributed by atoms with van der Waals surface area (Å²) in [4.78, 5) is 25.0. The van der Waals surface area contributed by atoms with Gasteiger partial charge in [-0.15, -0.1) is 0 Å². The zero-order valence-electron chi connectivity index (χ0n) is 14.8. The molecule has 0 bridgehead atoms. The number of thioether (sulfide) groups is 1. The molecule has 0 atom stereocenters. The minimum atomic E-state index is -1.06. The number of aromatic hydroxyl groups is 1. The topological polar surface area (TPSA) is 77.8 Å². The van der Waals surface area contributed by atoms with Crippen LogP contribution < -0.4 is 0 Å². The molecule has 2 rings (SSSR count). The quantitative estimate of drug-likeness (QED) is 0.772. The number of hydrogen-bond donors (Lipinski definition) is 2. The Balaban J connectivity index is 2.45. The van der Waals surface area contributed by atoms with Gasteiger partial charge in [-0.1, -0.05) is 39.5 Å². The van der Waals surface area contributed by atoms with Gasteiger partial charge in [0.15, 0.2) is 0 Å². The van der Waals surface area contributed by atoms with Crippen molar-refractivity contribution in [1.82, 2.24) is 4.90 Å². The van der Waals surface area contributed by atoms with Gasteiger partial charge in [-0.2, -0.15) is 0 Å². The highest BCUT2D eigenvalue weighted by atomic mass is 32.2. The molecule has 0 radical (unpaired) electrons. The predicted molar refractivity (Wildman–Crippen MR) is 100 cm³/mol. The number of hydrogen-bond acceptors (Lipinski definition) is 4. The standard InChI is InChI=1S/C19H23NO4S/c1-11(2)14-7-13(8-15(12(3)4)18(14)23)9-16-19(24)20(5-6-25-16)10-17(21)22/h5-9,11-12,23H,10H2,1-4H3,(H,21,22). The summed E-state index contributed by atoms with van der Waals surface area (Å²) in [5.74, 6) is -0.789. The molecule has 1 aliphatic rings. The maximum atomic E-state index is 12.4. The minimum absolute atomic E-state index is 0.147. The lowest BCUT2D eigenvalue weighted by atomic mass is 9.91. The Hall–Kier alpha value is -2.21. The van der Waals surface area contributed by atoms with Crippen molar-refractivity contribution in [2.45, 2.75) is 39.5 Å². The van der Waals surface area contributed by atoms with Crippen molar-refractivity contribution >= 4 is 29.7 Å². The molecule has 1 aromatic carbocycles. The normalized spacial score (nSPS) is 16.3. The van der Waals surface area contributed by atoms with Gasteiger partial charge in [-0.25, -0.2) is 0 Å². The van der Waals surface area contributed by atoms with Gasteiger partial charge in [0.05, 0.1) is 4.91 Å². The first-order valence-corrected chi connectivity index (χ1v) is 9.03. The van der Waals surface area contributed by atoms with E-state index in [1.54, 1.807) is 11.5 Å². The molecule has 0 spiro atoms. The number of amides is 1. The van der Waals surface area contributed by atoms with E-state index in [2.05, 4.69) is 0 Å². The van der Waals surface area contributed by atoms with E-state index >= 15 is 0 Å².